The van der Waals surface area contributed by atoms with Crippen LogP contribution >= 0.6 is 11.6 Å². The number of methoxy groups -OCH3 is 2. The highest BCUT2D eigenvalue weighted by Crippen LogP contribution is 2.36. The summed E-state index contributed by atoms with van der Waals surface area (Å²) in [6.07, 6.45) is 0. The molecule has 3 aromatic rings. The Labute approximate surface area is 197 Å². The Morgan fingerprint density at radius 3 is 2.39 bits per heavy atom. The monoisotopic (exact) mass is 473 g/mol. The van der Waals surface area contributed by atoms with Crippen LogP contribution in [0.2, 0.25) is 5.02 Å². The predicted octanol–water partition coefficient (Wildman–Crippen LogP) is 4.09. The molecule has 1 heterocycles. The molecule has 9 nitrogen and oxygen atoms in total. The van der Waals surface area contributed by atoms with Gasteiger partial charge < -0.3 is 29.2 Å². The fraction of sp³-hybridized carbons (Fsp3) is 0.348. The van der Waals surface area contributed by atoms with Crippen LogP contribution in [0.5, 0.6) is 11.5 Å². The highest BCUT2D eigenvalue weighted by atomic mass is 35.5. The first-order valence-corrected chi connectivity index (χ1v) is 10.7. The number of aromatic nitrogens is 2. The third-order valence-electron chi connectivity index (χ3n) is 5.24. The summed E-state index contributed by atoms with van der Waals surface area (Å²) in [5.74, 6) is 1.49. The standard InChI is InChI=1S/C23H28ClN5O4/c1-7-29-18-9-8-14(22(30)27(2)3)10-16(18)25-21(29)13-28(4)23(31)26-17-11-15(24)19(32-5)12-20(17)33-6/h8-12H,7,13H2,1-6H3,(H,26,31). The summed E-state index contributed by atoms with van der Waals surface area (Å²) in [5.41, 5.74) is 2.60. The van der Waals surface area contributed by atoms with Gasteiger partial charge in [-0.2, -0.15) is 0 Å². The minimum Gasteiger partial charge on any atom is -0.495 e. The Bertz CT molecular complexity index is 1190. The molecule has 33 heavy (non-hydrogen) atoms. The van der Waals surface area contributed by atoms with Crippen LogP contribution in [0.25, 0.3) is 11.0 Å². The number of fused-ring (bicyclic) bond motifs is 1. The Hall–Kier alpha value is -3.46. The van der Waals surface area contributed by atoms with Gasteiger partial charge in [-0.25, -0.2) is 9.78 Å². The van der Waals surface area contributed by atoms with Crippen LogP contribution in [-0.2, 0) is 13.1 Å². The Balaban J connectivity index is 1.84. The number of imidazole rings is 1. The van der Waals surface area contributed by atoms with E-state index in [9.17, 15) is 9.59 Å². The molecule has 0 aliphatic heterocycles. The van der Waals surface area contributed by atoms with Crippen LogP contribution in [-0.4, -0.2) is 66.7 Å². The van der Waals surface area contributed by atoms with Crippen LogP contribution in [0.3, 0.4) is 0 Å². The molecule has 10 heteroatoms. The number of rotatable bonds is 7. The van der Waals surface area contributed by atoms with E-state index in [2.05, 4.69) is 5.32 Å². The fourth-order valence-corrected chi connectivity index (χ4v) is 3.74. The maximum atomic E-state index is 12.9. The topological polar surface area (TPSA) is 88.9 Å². The van der Waals surface area contributed by atoms with Crippen LogP contribution in [0.1, 0.15) is 23.1 Å². The van der Waals surface area contributed by atoms with Crippen LogP contribution < -0.4 is 14.8 Å². The van der Waals surface area contributed by atoms with Crippen LogP contribution in [0.15, 0.2) is 30.3 Å². The Kier molecular flexibility index (Phi) is 7.33. The number of halogens is 1. The van der Waals surface area contributed by atoms with Crippen molar-refractivity contribution in [2.75, 3.05) is 40.7 Å². The number of hydrogen-bond acceptors (Lipinski definition) is 5. The van der Waals surface area contributed by atoms with E-state index in [1.54, 1.807) is 45.4 Å². The van der Waals surface area contributed by atoms with Crippen molar-refractivity contribution in [3.8, 4) is 11.5 Å². The molecule has 0 saturated carbocycles. The van der Waals surface area contributed by atoms with Crippen molar-refractivity contribution >= 4 is 40.3 Å². The van der Waals surface area contributed by atoms with Crippen molar-refractivity contribution in [3.63, 3.8) is 0 Å². The third kappa shape index (κ3) is 4.98. The van der Waals surface area contributed by atoms with Gasteiger partial charge in [-0.15, -0.1) is 0 Å². The number of carbonyl (C=O) groups excluding carboxylic acids is 2. The maximum absolute atomic E-state index is 12.9. The lowest BCUT2D eigenvalue weighted by atomic mass is 10.2. The average Bonchev–Trinajstić information content (AvgIpc) is 3.14. The second-order valence-corrected chi connectivity index (χ2v) is 8.06. The zero-order valence-electron chi connectivity index (χ0n) is 19.6. The first kappa shape index (κ1) is 24.2. The lowest BCUT2D eigenvalue weighted by Crippen LogP contribution is -2.32. The van der Waals surface area contributed by atoms with Crippen molar-refractivity contribution in [1.82, 2.24) is 19.4 Å². The smallest absolute Gasteiger partial charge is 0.322 e. The highest BCUT2D eigenvalue weighted by Gasteiger charge is 2.19. The number of anilines is 1. The SMILES string of the molecule is CCn1c(CN(C)C(=O)Nc2cc(Cl)c(OC)cc2OC)nc2cc(C(=O)N(C)C)ccc21. The molecule has 0 unspecified atom stereocenters. The summed E-state index contributed by atoms with van der Waals surface area (Å²) in [5, 5.41) is 3.17. The van der Waals surface area contributed by atoms with Crippen molar-refractivity contribution in [1.29, 1.82) is 0 Å². The quantitative estimate of drug-likeness (QED) is 0.558. The molecule has 0 radical (unpaired) electrons. The molecule has 0 spiro atoms. The van der Waals surface area contributed by atoms with Crippen molar-refractivity contribution in [2.24, 2.45) is 0 Å². The van der Waals surface area contributed by atoms with E-state index in [1.165, 1.54) is 24.0 Å². The molecular weight excluding hydrogens is 446 g/mol. The minimum atomic E-state index is -0.354. The lowest BCUT2D eigenvalue weighted by Gasteiger charge is -2.20. The third-order valence-corrected chi connectivity index (χ3v) is 5.53. The Morgan fingerprint density at radius 2 is 1.79 bits per heavy atom. The molecule has 0 aliphatic rings. The van der Waals surface area contributed by atoms with Crippen molar-refractivity contribution in [3.05, 3.63) is 46.7 Å². The zero-order valence-corrected chi connectivity index (χ0v) is 20.4. The van der Waals surface area contributed by atoms with E-state index >= 15 is 0 Å². The zero-order chi connectivity index (χ0) is 24.3. The van der Waals surface area contributed by atoms with Crippen LogP contribution in [0, 0.1) is 0 Å². The van der Waals surface area contributed by atoms with E-state index in [0.717, 1.165) is 5.52 Å². The number of urea groups is 1. The first-order chi connectivity index (χ1) is 15.7. The number of nitrogens with zero attached hydrogens (tertiary/aromatic N) is 4. The number of nitrogens with one attached hydrogen (secondary N) is 1. The molecule has 1 aromatic heterocycles. The molecule has 0 bridgehead atoms. The molecule has 3 amide bonds. The van der Waals surface area contributed by atoms with Gasteiger partial charge in [0.15, 0.2) is 0 Å². The fourth-order valence-electron chi connectivity index (χ4n) is 3.50. The highest BCUT2D eigenvalue weighted by molar-refractivity contribution is 6.32. The molecule has 0 atom stereocenters. The predicted molar refractivity (Wildman–Crippen MR) is 128 cm³/mol. The minimum absolute atomic E-state index is 0.0897. The van der Waals surface area contributed by atoms with E-state index < -0.39 is 0 Å². The maximum Gasteiger partial charge on any atom is 0.322 e. The molecular formula is C23H28ClN5O4. The number of aryl methyl sites for hydroxylation is 1. The van der Waals surface area contributed by atoms with E-state index in [0.29, 0.717) is 45.7 Å². The van der Waals surface area contributed by atoms with E-state index in [1.807, 2.05) is 17.6 Å². The molecule has 176 valence electrons. The normalized spacial score (nSPS) is 10.8. The van der Waals surface area contributed by atoms with Crippen LogP contribution in [0.4, 0.5) is 10.5 Å². The Morgan fingerprint density at radius 1 is 1.09 bits per heavy atom. The summed E-state index contributed by atoms with van der Waals surface area (Å²) in [7, 11) is 8.10. The molecule has 0 fully saturated rings. The second-order valence-electron chi connectivity index (χ2n) is 7.65. The summed E-state index contributed by atoms with van der Waals surface area (Å²) in [6.45, 7) is 2.94. The molecule has 1 N–H and O–H groups in total. The molecule has 0 aliphatic carbocycles. The van der Waals surface area contributed by atoms with Gasteiger partial charge in [0.25, 0.3) is 5.91 Å². The number of carbonyl (C=O) groups is 2. The molecule has 2 aromatic carbocycles. The van der Waals surface area contributed by atoms with Crippen molar-refractivity contribution in [2.45, 2.75) is 20.0 Å². The van der Waals surface area contributed by atoms with Gasteiger partial charge in [-0.1, -0.05) is 11.6 Å². The largest absolute Gasteiger partial charge is 0.495 e. The van der Waals surface area contributed by atoms with Gasteiger partial charge in [-0.3, -0.25) is 4.79 Å². The summed E-state index contributed by atoms with van der Waals surface area (Å²) in [4.78, 5) is 32.9. The molecule has 3 rings (SSSR count). The number of ether oxygens (including phenoxy) is 2. The number of benzene rings is 2. The second kappa shape index (κ2) is 9.99. The van der Waals surface area contributed by atoms with Gasteiger partial charge in [0, 0.05) is 39.3 Å². The van der Waals surface area contributed by atoms with Gasteiger partial charge >= 0.3 is 6.03 Å². The summed E-state index contributed by atoms with van der Waals surface area (Å²) in [6, 6.07) is 8.29. The van der Waals surface area contributed by atoms with E-state index in [4.69, 9.17) is 26.1 Å². The number of amides is 3. The summed E-state index contributed by atoms with van der Waals surface area (Å²) < 4.78 is 12.6. The lowest BCUT2D eigenvalue weighted by molar-refractivity contribution is 0.0827. The first-order valence-electron chi connectivity index (χ1n) is 10.3. The average molecular weight is 474 g/mol. The van der Waals surface area contributed by atoms with Crippen molar-refractivity contribution < 1.29 is 19.1 Å². The van der Waals surface area contributed by atoms with Gasteiger partial charge in [0.05, 0.1) is 42.5 Å². The van der Waals surface area contributed by atoms with Gasteiger partial charge in [0.1, 0.15) is 17.3 Å². The van der Waals surface area contributed by atoms with Gasteiger partial charge in [0.2, 0.25) is 0 Å². The van der Waals surface area contributed by atoms with Gasteiger partial charge in [-0.05, 0) is 31.2 Å². The number of hydrogen-bond donors (Lipinski definition) is 1. The molecule has 0 saturated heterocycles. The van der Waals surface area contributed by atoms with E-state index in [-0.39, 0.29) is 18.5 Å². The summed E-state index contributed by atoms with van der Waals surface area (Å²) >= 11 is 6.20.